The van der Waals surface area contributed by atoms with Crippen molar-refractivity contribution in [3.05, 3.63) is 75.8 Å². The first-order valence-electron chi connectivity index (χ1n) is 8.57. The van der Waals surface area contributed by atoms with Gasteiger partial charge < -0.3 is 0 Å². The Hall–Kier alpha value is -2.77. The number of rotatable bonds is 4. The van der Waals surface area contributed by atoms with Crippen molar-refractivity contribution in [2.24, 2.45) is 0 Å². The maximum atomic E-state index is 13.1. The summed E-state index contributed by atoms with van der Waals surface area (Å²) in [5, 5.41) is 7.93. The van der Waals surface area contributed by atoms with E-state index in [1.807, 2.05) is 25.1 Å². The Morgan fingerprint density at radius 2 is 1.96 bits per heavy atom. The zero-order valence-electron chi connectivity index (χ0n) is 15.2. The number of carbonyl (C=O) groups is 1. The smallest absolute Gasteiger partial charge is 0.262 e. The molecule has 0 unspecified atom stereocenters. The van der Waals surface area contributed by atoms with Gasteiger partial charge in [0, 0.05) is 0 Å². The average molecular weight is 415 g/mol. The second-order valence-corrected chi connectivity index (χ2v) is 7.82. The number of nitrogens with one attached hydrogen (secondary N) is 1. The maximum absolute atomic E-state index is 13.1. The van der Waals surface area contributed by atoms with E-state index in [1.165, 1.54) is 28.2 Å². The lowest BCUT2D eigenvalue weighted by molar-refractivity contribution is 0.102. The average Bonchev–Trinajstić information content (AvgIpc) is 3.18. The third-order valence-corrected chi connectivity index (χ3v) is 5.70. The molecule has 0 fully saturated rings. The zero-order chi connectivity index (χ0) is 19.8. The first kappa shape index (κ1) is 18.6. The number of hydrogen-bond donors (Lipinski definition) is 1. The number of nitrogens with zero attached hydrogens (tertiary/aromatic N) is 3. The highest BCUT2D eigenvalue weighted by molar-refractivity contribution is 7.22. The molecule has 0 spiro atoms. The molecule has 0 radical (unpaired) electrons. The van der Waals surface area contributed by atoms with Gasteiger partial charge in [-0.3, -0.25) is 10.1 Å². The van der Waals surface area contributed by atoms with Crippen molar-refractivity contribution in [2.45, 2.75) is 20.4 Å². The number of amides is 1. The van der Waals surface area contributed by atoms with Gasteiger partial charge in [0.2, 0.25) is 0 Å². The number of para-hydroxylation sites is 1. The predicted molar refractivity (Wildman–Crippen MR) is 110 cm³/mol. The van der Waals surface area contributed by atoms with Crippen molar-refractivity contribution < 1.29 is 9.18 Å². The predicted octanol–water partition coefficient (Wildman–Crippen LogP) is 5.20. The summed E-state index contributed by atoms with van der Waals surface area (Å²) in [5.41, 5.74) is 3.58. The molecule has 142 valence electrons. The summed E-state index contributed by atoms with van der Waals surface area (Å²) in [6, 6.07) is 12.0. The Morgan fingerprint density at radius 1 is 1.21 bits per heavy atom. The molecule has 0 atom stereocenters. The lowest BCUT2D eigenvalue weighted by atomic mass is 10.2. The van der Waals surface area contributed by atoms with Gasteiger partial charge in [0.25, 0.3) is 5.91 Å². The van der Waals surface area contributed by atoms with E-state index in [0.29, 0.717) is 22.9 Å². The summed E-state index contributed by atoms with van der Waals surface area (Å²) < 4.78 is 15.6. The maximum Gasteiger partial charge on any atom is 0.262 e. The lowest BCUT2D eigenvalue weighted by Gasteiger charge is -2.04. The molecule has 0 bridgehead atoms. The highest BCUT2D eigenvalue weighted by atomic mass is 35.5. The van der Waals surface area contributed by atoms with Crippen molar-refractivity contribution in [3.63, 3.8) is 0 Å². The summed E-state index contributed by atoms with van der Waals surface area (Å²) in [6.07, 6.45) is 0. The fourth-order valence-electron chi connectivity index (χ4n) is 2.98. The normalized spacial score (nSPS) is 11.1. The van der Waals surface area contributed by atoms with E-state index in [4.69, 9.17) is 11.6 Å². The second kappa shape index (κ2) is 7.33. The van der Waals surface area contributed by atoms with Crippen LogP contribution in [-0.4, -0.2) is 20.7 Å². The Labute approximate surface area is 169 Å². The van der Waals surface area contributed by atoms with E-state index in [-0.39, 0.29) is 16.9 Å². The largest absolute Gasteiger partial charge is 0.298 e. The zero-order valence-corrected chi connectivity index (χ0v) is 16.7. The fraction of sp³-hybridized carbons (Fsp3) is 0.150. The van der Waals surface area contributed by atoms with Crippen molar-refractivity contribution >= 4 is 44.2 Å². The van der Waals surface area contributed by atoms with Gasteiger partial charge in [0.15, 0.2) is 5.13 Å². The monoisotopic (exact) mass is 414 g/mol. The van der Waals surface area contributed by atoms with Gasteiger partial charge in [-0.1, -0.05) is 47.2 Å². The summed E-state index contributed by atoms with van der Waals surface area (Å²) in [6.45, 7) is 4.05. The number of benzene rings is 2. The molecule has 8 heteroatoms. The molecular weight excluding hydrogens is 399 g/mol. The third kappa shape index (κ3) is 3.50. The quantitative estimate of drug-likeness (QED) is 0.499. The van der Waals surface area contributed by atoms with Crippen molar-refractivity contribution in [2.75, 3.05) is 5.32 Å². The van der Waals surface area contributed by atoms with Crippen molar-refractivity contribution in [1.29, 1.82) is 0 Å². The van der Waals surface area contributed by atoms with E-state index in [2.05, 4.69) is 15.4 Å². The van der Waals surface area contributed by atoms with E-state index in [0.717, 1.165) is 21.3 Å². The van der Waals surface area contributed by atoms with E-state index >= 15 is 0 Å². The molecule has 0 aliphatic heterocycles. The molecule has 5 nitrogen and oxygen atoms in total. The van der Waals surface area contributed by atoms with Gasteiger partial charge in [-0.05, 0) is 43.2 Å². The van der Waals surface area contributed by atoms with Gasteiger partial charge in [-0.2, -0.15) is 5.10 Å². The molecule has 4 aromatic rings. The van der Waals surface area contributed by atoms with Gasteiger partial charge in [-0.15, -0.1) is 0 Å². The number of hydrogen-bond acceptors (Lipinski definition) is 4. The van der Waals surface area contributed by atoms with Crippen LogP contribution in [0.4, 0.5) is 9.52 Å². The number of aromatic nitrogens is 3. The lowest BCUT2D eigenvalue weighted by Crippen LogP contribution is -2.13. The van der Waals surface area contributed by atoms with E-state index in [9.17, 15) is 9.18 Å². The van der Waals surface area contributed by atoms with Crippen molar-refractivity contribution in [1.82, 2.24) is 14.8 Å². The van der Waals surface area contributed by atoms with Crippen LogP contribution in [0.2, 0.25) is 5.15 Å². The standard InChI is InChI=1S/C20H16ClFN4OS/c1-11-4-3-5-15-17(11)23-20(28-15)24-19(27)16-12(2)25-26(18(16)21)10-13-6-8-14(22)9-7-13/h3-9H,10H2,1-2H3,(H,23,24,27). The third-order valence-electron chi connectivity index (χ3n) is 4.38. The number of carbonyl (C=O) groups excluding carboxylic acids is 1. The van der Waals surface area contributed by atoms with Crippen LogP contribution in [0.3, 0.4) is 0 Å². The number of aryl methyl sites for hydroxylation is 2. The molecule has 2 aromatic heterocycles. The van der Waals surface area contributed by atoms with Crippen LogP contribution in [0.5, 0.6) is 0 Å². The minimum Gasteiger partial charge on any atom is -0.298 e. The number of halogens is 2. The molecular formula is C20H16ClFN4OS. The van der Waals surface area contributed by atoms with Gasteiger partial charge in [0.1, 0.15) is 11.0 Å². The van der Waals surface area contributed by atoms with E-state index < -0.39 is 0 Å². The van der Waals surface area contributed by atoms with Gasteiger partial charge in [0.05, 0.1) is 28.0 Å². The number of thiazole rings is 1. The highest BCUT2D eigenvalue weighted by Crippen LogP contribution is 2.29. The van der Waals surface area contributed by atoms with Crippen LogP contribution in [-0.2, 0) is 6.54 Å². The van der Waals surface area contributed by atoms with Gasteiger partial charge >= 0.3 is 0 Å². The van der Waals surface area contributed by atoms with Crippen LogP contribution in [0.1, 0.15) is 27.2 Å². The Morgan fingerprint density at radius 3 is 2.68 bits per heavy atom. The molecule has 2 aromatic carbocycles. The Kier molecular flexibility index (Phi) is 4.87. The van der Waals surface area contributed by atoms with Gasteiger partial charge in [-0.25, -0.2) is 14.1 Å². The molecule has 0 saturated heterocycles. The molecule has 4 rings (SSSR count). The van der Waals surface area contributed by atoms with Crippen LogP contribution in [0.15, 0.2) is 42.5 Å². The summed E-state index contributed by atoms with van der Waals surface area (Å²) >= 11 is 7.83. The second-order valence-electron chi connectivity index (χ2n) is 6.43. The molecule has 1 amide bonds. The van der Waals surface area contributed by atoms with Crippen LogP contribution in [0, 0.1) is 19.7 Å². The summed E-state index contributed by atoms with van der Waals surface area (Å²) in [4.78, 5) is 17.3. The summed E-state index contributed by atoms with van der Waals surface area (Å²) in [7, 11) is 0. The van der Waals surface area contributed by atoms with E-state index in [1.54, 1.807) is 19.1 Å². The fourth-order valence-corrected chi connectivity index (χ4v) is 4.24. The van der Waals surface area contributed by atoms with Crippen LogP contribution < -0.4 is 5.32 Å². The highest BCUT2D eigenvalue weighted by Gasteiger charge is 2.21. The Bertz CT molecular complexity index is 1180. The molecule has 0 aliphatic rings. The topological polar surface area (TPSA) is 59.8 Å². The number of fused-ring (bicyclic) bond motifs is 1. The molecule has 2 heterocycles. The summed E-state index contributed by atoms with van der Waals surface area (Å²) in [5.74, 6) is -0.665. The first-order chi connectivity index (χ1) is 13.4. The molecule has 28 heavy (non-hydrogen) atoms. The molecule has 0 saturated carbocycles. The molecule has 1 N–H and O–H groups in total. The first-order valence-corrected chi connectivity index (χ1v) is 9.76. The number of anilines is 1. The minimum atomic E-state index is -0.357. The van der Waals surface area contributed by atoms with Crippen LogP contribution in [0.25, 0.3) is 10.2 Å². The Balaban J connectivity index is 1.59. The SMILES string of the molecule is Cc1nn(Cc2ccc(F)cc2)c(Cl)c1C(=O)Nc1nc2c(C)cccc2s1. The molecule has 0 aliphatic carbocycles. The van der Waals surface area contributed by atoms with Crippen molar-refractivity contribution in [3.8, 4) is 0 Å². The minimum absolute atomic E-state index is 0.233. The van der Waals surface area contributed by atoms with Crippen LogP contribution >= 0.6 is 22.9 Å².